The Morgan fingerprint density at radius 1 is 0.800 bits per heavy atom. The van der Waals surface area contributed by atoms with Crippen molar-refractivity contribution in [3.05, 3.63) is 53.8 Å². The number of furan rings is 1. The van der Waals surface area contributed by atoms with Crippen molar-refractivity contribution in [1.29, 1.82) is 0 Å². The maximum Gasteiger partial charge on any atom is 0.374 e. The zero-order chi connectivity index (χ0) is 25.1. The summed E-state index contributed by atoms with van der Waals surface area (Å²) in [7, 11) is 1.68. The lowest BCUT2D eigenvalue weighted by atomic mass is 10.1. The molecule has 35 heavy (non-hydrogen) atoms. The van der Waals surface area contributed by atoms with Gasteiger partial charge >= 0.3 is 5.97 Å². The fraction of sp³-hybridized carbons (Fsp3) is 0.586. The average Bonchev–Trinajstić information content (AvgIpc) is 3.35. The number of unbranched alkanes of at least 4 members (excludes halogenated alkanes) is 11. The lowest BCUT2D eigenvalue weighted by molar-refractivity contribution is -0.133. The third-order valence-corrected chi connectivity index (χ3v) is 6.04. The minimum absolute atomic E-state index is 0.0354. The van der Waals surface area contributed by atoms with E-state index in [-0.39, 0.29) is 18.3 Å². The van der Waals surface area contributed by atoms with Gasteiger partial charge in [0, 0.05) is 19.7 Å². The van der Waals surface area contributed by atoms with E-state index >= 15 is 0 Å². The van der Waals surface area contributed by atoms with Gasteiger partial charge in [0.15, 0.2) is 6.61 Å². The van der Waals surface area contributed by atoms with Gasteiger partial charge in [0.2, 0.25) is 5.76 Å². The monoisotopic (exact) mass is 485 g/mol. The molecular formula is C29H43NO5. The van der Waals surface area contributed by atoms with E-state index in [1.54, 1.807) is 13.1 Å². The van der Waals surface area contributed by atoms with Crippen molar-refractivity contribution >= 4 is 11.9 Å². The van der Waals surface area contributed by atoms with Crippen molar-refractivity contribution in [2.24, 2.45) is 0 Å². The molecule has 1 aromatic heterocycles. The summed E-state index contributed by atoms with van der Waals surface area (Å²) in [5.74, 6) is -0.621. The Labute approximate surface area is 211 Å². The van der Waals surface area contributed by atoms with Crippen LogP contribution in [0.3, 0.4) is 0 Å². The number of rotatable bonds is 19. The predicted octanol–water partition coefficient (Wildman–Crippen LogP) is 7.17. The number of hydrogen-bond donors (Lipinski definition) is 0. The van der Waals surface area contributed by atoms with Crippen molar-refractivity contribution < 1.29 is 23.5 Å². The number of benzene rings is 1. The highest BCUT2D eigenvalue weighted by Crippen LogP contribution is 2.18. The van der Waals surface area contributed by atoms with Crippen molar-refractivity contribution in [3.63, 3.8) is 0 Å². The zero-order valence-electron chi connectivity index (χ0n) is 21.6. The van der Waals surface area contributed by atoms with Gasteiger partial charge in [0.1, 0.15) is 0 Å². The highest BCUT2D eigenvalue weighted by Gasteiger charge is 2.17. The number of carbonyl (C=O) groups is 2. The first kappa shape index (κ1) is 28.5. The lowest BCUT2D eigenvalue weighted by Gasteiger charge is -2.16. The van der Waals surface area contributed by atoms with Crippen LogP contribution >= 0.6 is 0 Å². The quantitative estimate of drug-likeness (QED) is 0.156. The highest BCUT2D eigenvalue weighted by atomic mass is 16.6. The molecule has 0 aliphatic heterocycles. The summed E-state index contributed by atoms with van der Waals surface area (Å²) in [6.45, 7) is 2.93. The van der Waals surface area contributed by atoms with Gasteiger partial charge in [0.25, 0.3) is 11.9 Å². The molecule has 0 radical (unpaired) electrons. The summed E-state index contributed by atoms with van der Waals surface area (Å²) in [6.07, 6.45) is 15.5. The van der Waals surface area contributed by atoms with Gasteiger partial charge in [-0.15, -0.1) is 0 Å². The van der Waals surface area contributed by atoms with Crippen LogP contribution in [-0.4, -0.2) is 37.0 Å². The van der Waals surface area contributed by atoms with E-state index in [1.807, 2.05) is 30.3 Å². The van der Waals surface area contributed by atoms with E-state index in [9.17, 15) is 9.59 Å². The Hall–Kier alpha value is -2.76. The highest BCUT2D eigenvalue weighted by molar-refractivity contribution is 5.88. The van der Waals surface area contributed by atoms with Crippen LogP contribution in [0.1, 0.15) is 100 Å². The number of hydrogen-bond acceptors (Lipinski definition) is 5. The minimum Gasteiger partial charge on any atom is -0.465 e. The van der Waals surface area contributed by atoms with E-state index in [4.69, 9.17) is 13.9 Å². The molecule has 0 saturated carbocycles. The second-order valence-corrected chi connectivity index (χ2v) is 9.17. The van der Waals surface area contributed by atoms with Crippen molar-refractivity contribution in [1.82, 2.24) is 4.90 Å². The summed E-state index contributed by atoms with van der Waals surface area (Å²) in [6, 6.07) is 12.8. The molecule has 1 heterocycles. The van der Waals surface area contributed by atoms with Crippen LogP contribution in [0.5, 0.6) is 5.95 Å². The number of nitrogens with zero attached hydrogens (tertiary/aromatic N) is 1. The predicted molar refractivity (Wildman–Crippen MR) is 138 cm³/mol. The van der Waals surface area contributed by atoms with Gasteiger partial charge in [-0.3, -0.25) is 4.79 Å². The Bertz CT molecular complexity index is 833. The number of carbonyl (C=O) groups excluding carboxylic acids is 2. The van der Waals surface area contributed by atoms with Crippen molar-refractivity contribution in [3.8, 4) is 5.95 Å². The van der Waals surface area contributed by atoms with E-state index in [2.05, 4.69) is 6.92 Å². The number of likely N-dealkylation sites (N-methyl/N-ethyl adjacent to an activating group) is 1. The molecule has 2 aromatic rings. The van der Waals surface area contributed by atoms with Gasteiger partial charge in [0.05, 0.1) is 6.61 Å². The van der Waals surface area contributed by atoms with Gasteiger partial charge in [-0.1, -0.05) is 108 Å². The molecule has 6 heteroatoms. The second-order valence-electron chi connectivity index (χ2n) is 9.17. The molecule has 0 aliphatic rings. The molecule has 0 atom stereocenters. The Kier molecular flexibility index (Phi) is 14.4. The smallest absolute Gasteiger partial charge is 0.374 e. The molecule has 0 fully saturated rings. The van der Waals surface area contributed by atoms with Crippen LogP contribution in [0.25, 0.3) is 0 Å². The summed E-state index contributed by atoms with van der Waals surface area (Å²) in [5, 5.41) is 0. The average molecular weight is 486 g/mol. The molecule has 0 unspecified atom stereocenters. The van der Waals surface area contributed by atoms with Gasteiger partial charge in [-0.2, -0.15) is 0 Å². The molecule has 0 N–H and O–H groups in total. The van der Waals surface area contributed by atoms with Gasteiger partial charge in [-0.05, 0) is 18.1 Å². The van der Waals surface area contributed by atoms with E-state index in [0.29, 0.717) is 19.1 Å². The summed E-state index contributed by atoms with van der Waals surface area (Å²) >= 11 is 0. The van der Waals surface area contributed by atoms with Crippen molar-refractivity contribution in [2.75, 3.05) is 20.3 Å². The molecule has 0 bridgehead atoms. The topological polar surface area (TPSA) is 69.0 Å². The normalized spacial score (nSPS) is 10.8. The molecule has 0 aliphatic carbocycles. The number of ether oxygens (including phenoxy) is 2. The lowest BCUT2D eigenvalue weighted by Crippen LogP contribution is -2.30. The molecule has 6 nitrogen and oxygen atoms in total. The molecule has 0 saturated heterocycles. The molecule has 0 spiro atoms. The standard InChI is InChI=1S/C29H43NO5/c1-3-4-5-6-7-8-9-10-11-12-13-17-22-33-28-21-20-26(35-28)29(32)34-24-27(31)30(2)23-25-18-15-14-16-19-25/h14-16,18-21H,3-13,17,22-24H2,1-2H3. The Morgan fingerprint density at radius 2 is 1.40 bits per heavy atom. The maximum atomic E-state index is 12.2. The van der Waals surface area contributed by atoms with Crippen LogP contribution in [0, 0.1) is 0 Å². The Morgan fingerprint density at radius 3 is 2.03 bits per heavy atom. The summed E-state index contributed by atoms with van der Waals surface area (Å²) in [5.41, 5.74) is 1.01. The van der Waals surface area contributed by atoms with Crippen molar-refractivity contribution in [2.45, 2.75) is 90.5 Å². The van der Waals surface area contributed by atoms with Crippen LogP contribution in [0.2, 0.25) is 0 Å². The van der Waals surface area contributed by atoms with E-state index in [0.717, 1.165) is 18.4 Å². The number of amides is 1. The van der Waals surface area contributed by atoms with Gasteiger partial charge in [-0.25, -0.2) is 4.79 Å². The summed E-state index contributed by atoms with van der Waals surface area (Å²) in [4.78, 5) is 25.9. The van der Waals surface area contributed by atoms with Crippen LogP contribution in [0.15, 0.2) is 46.9 Å². The molecule has 1 amide bonds. The zero-order valence-corrected chi connectivity index (χ0v) is 21.6. The molecular weight excluding hydrogens is 442 g/mol. The Balaban J connectivity index is 1.51. The van der Waals surface area contributed by atoms with E-state index in [1.165, 1.54) is 75.2 Å². The largest absolute Gasteiger partial charge is 0.465 e. The maximum absolute atomic E-state index is 12.2. The van der Waals surface area contributed by atoms with Crippen LogP contribution < -0.4 is 4.74 Å². The molecule has 2 rings (SSSR count). The minimum atomic E-state index is -0.674. The molecule has 1 aromatic carbocycles. The van der Waals surface area contributed by atoms with Crippen LogP contribution in [0.4, 0.5) is 0 Å². The van der Waals surface area contributed by atoms with Gasteiger partial charge < -0.3 is 18.8 Å². The first-order valence-electron chi connectivity index (χ1n) is 13.3. The summed E-state index contributed by atoms with van der Waals surface area (Å²) < 4.78 is 16.1. The SMILES string of the molecule is CCCCCCCCCCCCCCOc1ccc(C(=O)OCC(=O)N(C)Cc2ccccc2)o1. The first-order chi connectivity index (χ1) is 17.1. The van der Waals surface area contributed by atoms with Crippen LogP contribution in [-0.2, 0) is 16.1 Å². The second kappa shape index (κ2) is 17.6. The van der Waals surface area contributed by atoms with E-state index < -0.39 is 5.97 Å². The fourth-order valence-electron chi connectivity index (χ4n) is 3.88. The fourth-order valence-corrected chi connectivity index (χ4v) is 3.88. The third kappa shape index (κ3) is 12.5. The molecule has 194 valence electrons. The number of esters is 1. The first-order valence-corrected chi connectivity index (χ1v) is 13.3. The third-order valence-electron chi connectivity index (χ3n) is 6.04.